The van der Waals surface area contributed by atoms with Crippen LogP contribution in [0.3, 0.4) is 0 Å². The molecule has 0 radical (unpaired) electrons. The fourth-order valence-corrected chi connectivity index (χ4v) is 3.74. The molecular weight excluding hydrogens is 428 g/mol. The molecule has 1 unspecified atom stereocenters. The molecule has 8 nitrogen and oxygen atoms in total. The van der Waals surface area contributed by atoms with Gasteiger partial charge in [-0.3, -0.25) is 14.4 Å². The molecule has 0 aliphatic heterocycles. The monoisotopic (exact) mass is 466 g/mol. The summed E-state index contributed by atoms with van der Waals surface area (Å²) >= 11 is 0. The summed E-state index contributed by atoms with van der Waals surface area (Å²) in [5.41, 5.74) is 0.378. The van der Waals surface area contributed by atoms with E-state index in [4.69, 9.17) is 14.2 Å². The third-order valence-corrected chi connectivity index (χ3v) is 6.40. The van der Waals surface area contributed by atoms with Crippen molar-refractivity contribution in [1.29, 1.82) is 0 Å². The second-order valence-electron chi connectivity index (χ2n) is 8.68. The molecule has 180 valence electrons. The van der Waals surface area contributed by atoms with Crippen molar-refractivity contribution in [3.8, 4) is 0 Å². The van der Waals surface area contributed by atoms with E-state index in [9.17, 15) is 14.4 Å². The van der Waals surface area contributed by atoms with E-state index in [1.165, 1.54) is 4.90 Å². The Morgan fingerprint density at radius 3 is 2.47 bits per heavy atom. The summed E-state index contributed by atoms with van der Waals surface area (Å²) in [5, 5.41) is 0. The molecule has 0 N–H and O–H groups in total. The van der Waals surface area contributed by atoms with Crippen molar-refractivity contribution in [3.05, 3.63) is 36.7 Å². The number of allylic oxidation sites excluding steroid dienone is 1. The topological polar surface area (TPSA) is 87.1 Å². The Hall–Kier alpha value is -2.39. The average molecular weight is 467 g/mol. The average Bonchev–Trinajstić information content (AvgIpc) is 3.18. The van der Waals surface area contributed by atoms with Gasteiger partial charge in [0.15, 0.2) is 0 Å². The summed E-state index contributed by atoms with van der Waals surface area (Å²) in [6.45, 7) is 15.0. The van der Waals surface area contributed by atoms with Gasteiger partial charge in [0.1, 0.15) is 19.0 Å². The highest BCUT2D eigenvalue weighted by Gasteiger charge is 2.28. The van der Waals surface area contributed by atoms with Gasteiger partial charge in [-0.15, -0.1) is 6.58 Å². The number of carbonyl (C=O) groups is 3. The molecule has 0 aliphatic carbocycles. The lowest BCUT2D eigenvalue weighted by Crippen LogP contribution is -2.42. The van der Waals surface area contributed by atoms with Crippen LogP contribution in [0.5, 0.6) is 0 Å². The number of ether oxygens (including phenoxy) is 3. The van der Waals surface area contributed by atoms with Crippen LogP contribution in [0.2, 0.25) is 25.7 Å². The molecule has 32 heavy (non-hydrogen) atoms. The van der Waals surface area contributed by atoms with Gasteiger partial charge in [0.25, 0.3) is 5.91 Å². The predicted molar refractivity (Wildman–Crippen MR) is 126 cm³/mol. The largest absolute Gasteiger partial charge is 0.466 e. The van der Waals surface area contributed by atoms with Gasteiger partial charge < -0.3 is 23.7 Å². The minimum Gasteiger partial charge on any atom is -0.466 e. The van der Waals surface area contributed by atoms with Crippen LogP contribution < -0.4 is 0 Å². The maximum absolute atomic E-state index is 13.3. The molecule has 0 aliphatic rings. The third kappa shape index (κ3) is 9.82. The fourth-order valence-electron chi connectivity index (χ4n) is 2.98. The van der Waals surface area contributed by atoms with Crippen LogP contribution in [0.4, 0.5) is 0 Å². The van der Waals surface area contributed by atoms with Gasteiger partial charge in [0.05, 0.1) is 19.1 Å². The number of esters is 2. The molecule has 0 aromatic carbocycles. The first-order valence-electron chi connectivity index (χ1n) is 11.1. The number of nitrogens with zero attached hydrogens (tertiary/aromatic N) is 2. The third-order valence-electron chi connectivity index (χ3n) is 4.70. The Bertz CT molecular complexity index is 756. The first kappa shape index (κ1) is 27.6. The highest BCUT2D eigenvalue weighted by molar-refractivity contribution is 6.76. The van der Waals surface area contributed by atoms with Crippen molar-refractivity contribution < 1.29 is 28.6 Å². The zero-order valence-electron chi connectivity index (χ0n) is 20.1. The summed E-state index contributed by atoms with van der Waals surface area (Å²) in [6.07, 6.45) is 3.69. The van der Waals surface area contributed by atoms with Gasteiger partial charge in [-0.25, -0.2) is 0 Å². The van der Waals surface area contributed by atoms with Crippen molar-refractivity contribution in [2.24, 2.45) is 5.92 Å². The fraction of sp³-hybridized carbons (Fsp3) is 0.609. The van der Waals surface area contributed by atoms with E-state index in [0.717, 1.165) is 6.04 Å². The van der Waals surface area contributed by atoms with Crippen molar-refractivity contribution in [2.75, 3.05) is 32.9 Å². The molecule has 1 rings (SSSR count). The van der Waals surface area contributed by atoms with Crippen LogP contribution in [-0.4, -0.2) is 68.3 Å². The standard InChI is InChI=1S/C23H38N2O6Si/c1-7-11-19(23(28)31-9-3)16-25(17-21(26)30-8-2)22(27)20-12-10-13-24(20)18-29-14-15-32(4,5)6/h7,10,12-13,19H,1,8-9,11,14-18H2,2-6H3. The Morgan fingerprint density at radius 2 is 1.88 bits per heavy atom. The van der Waals surface area contributed by atoms with Crippen LogP contribution in [-0.2, 0) is 30.5 Å². The van der Waals surface area contributed by atoms with Gasteiger partial charge >= 0.3 is 11.9 Å². The summed E-state index contributed by atoms with van der Waals surface area (Å²) in [7, 11) is -1.22. The summed E-state index contributed by atoms with van der Waals surface area (Å²) in [5.74, 6) is -1.97. The lowest BCUT2D eigenvalue weighted by molar-refractivity contribution is -0.150. The Morgan fingerprint density at radius 1 is 1.19 bits per heavy atom. The van der Waals surface area contributed by atoms with Crippen molar-refractivity contribution in [2.45, 2.75) is 52.7 Å². The number of rotatable bonds is 15. The zero-order valence-corrected chi connectivity index (χ0v) is 21.1. The highest BCUT2D eigenvalue weighted by atomic mass is 28.3. The van der Waals surface area contributed by atoms with E-state index in [1.54, 1.807) is 42.8 Å². The Kier molecular flexibility index (Phi) is 12.0. The number of hydrogen-bond donors (Lipinski definition) is 0. The van der Waals surface area contributed by atoms with Crippen LogP contribution in [0.25, 0.3) is 0 Å². The van der Waals surface area contributed by atoms with E-state index in [0.29, 0.717) is 18.7 Å². The second kappa shape index (κ2) is 13.9. The molecule has 1 aromatic rings. The van der Waals surface area contributed by atoms with E-state index in [1.807, 2.05) is 0 Å². The van der Waals surface area contributed by atoms with Crippen molar-refractivity contribution in [1.82, 2.24) is 9.47 Å². The molecule has 0 fully saturated rings. The van der Waals surface area contributed by atoms with Crippen LogP contribution in [0.1, 0.15) is 30.8 Å². The molecule has 1 heterocycles. The molecule has 9 heteroatoms. The summed E-state index contributed by atoms with van der Waals surface area (Å²) in [6, 6.07) is 4.45. The van der Waals surface area contributed by atoms with Crippen LogP contribution >= 0.6 is 0 Å². The van der Waals surface area contributed by atoms with Gasteiger partial charge in [-0.05, 0) is 38.4 Å². The van der Waals surface area contributed by atoms with Gasteiger partial charge in [0.2, 0.25) is 0 Å². The van der Waals surface area contributed by atoms with Crippen LogP contribution in [0, 0.1) is 5.92 Å². The van der Waals surface area contributed by atoms with Gasteiger partial charge in [-0.1, -0.05) is 25.7 Å². The second-order valence-corrected chi connectivity index (χ2v) is 14.3. The maximum atomic E-state index is 13.3. The molecule has 0 saturated heterocycles. The lowest BCUT2D eigenvalue weighted by atomic mass is 10.0. The van der Waals surface area contributed by atoms with E-state index in [2.05, 4.69) is 26.2 Å². The van der Waals surface area contributed by atoms with Gasteiger partial charge in [0, 0.05) is 27.4 Å². The molecular formula is C23H38N2O6Si. The molecule has 1 amide bonds. The lowest BCUT2D eigenvalue weighted by Gasteiger charge is -2.26. The maximum Gasteiger partial charge on any atom is 0.325 e. The smallest absolute Gasteiger partial charge is 0.325 e. The molecule has 0 bridgehead atoms. The number of aromatic nitrogens is 1. The number of carbonyl (C=O) groups excluding carboxylic acids is 3. The predicted octanol–water partition coefficient (Wildman–Crippen LogP) is 3.56. The summed E-state index contributed by atoms with van der Waals surface area (Å²) < 4.78 is 17.7. The molecule has 0 spiro atoms. The highest BCUT2D eigenvalue weighted by Crippen LogP contribution is 2.15. The Labute approximate surface area is 192 Å². The first-order valence-corrected chi connectivity index (χ1v) is 14.8. The van der Waals surface area contributed by atoms with E-state index >= 15 is 0 Å². The van der Waals surface area contributed by atoms with E-state index in [-0.39, 0.29) is 38.9 Å². The molecule has 1 aromatic heterocycles. The quantitative estimate of drug-likeness (QED) is 0.170. The molecule has 0 saturated carbocycles. The van der Waals surface area contributed by atoms with E-state index < -0.39 is 25.9 Å². The van der Waals surface area contributed by atoms with Crippen molar-refractivity contribution in [3.63, 3.8) is 0 Å². The van der Waals surface area contributed by atoms with Crippen molar-refractivity contribution >= 4 is 25.9 Å². The molecule has 1 atom stereocenters. The minimum atomic E-state index is -1.22. The normalized spacial score (nSPS) is 12.2. The minimum absolute atomic E-state index is 0.0180. The summed E-state index contributed by atoms with van der Waals surface area (Å²) in [4.78, 5) is 39.2. The number of amides is 1. The number of hydrogen-bond acceptors (Lipinski definition) is 6. The van der Waals surface area contributed by atoms with Gasteiger partial charge in [-0.2, -0.15) is 0 Å². The first-order chi connectivity index (χ1) is 15.1. The van der Waals surface area contributed by atoms with Crippen LogP contribution in [0.15, 0.2) is 31.0 Å². The Balaban J connectivity index is 3.00. The SMILES string of the molecule is C=CCC(CN(CC(=O)OCC)C(=O)c1cccn1COCC[Si](C)(C)C)C(=O)OCC. The zero-order chi connectivity index (χ0) is 24.1.